The number of hydrogen-bond acceptors (Lipinski definition) is 4. The van der Waals surface area contributed by atoms with E-state index in [0.29, 0.717) is 19.0 Å². The minimum Gasteiger partial charge on any atom is -0.384 e. The number of aromatic nitrogens is 3. The molecule has 2 aromatic rings. The molecular formula is C14H18N4O. The predicted octanol–water partition coefficient (Wildman–Crippen LogP) is 2.12. The van der Waals surface area contributed by atoms with Gasteiger partial charge in [-0.15, -0.1) is 0 Å². The summed E-state index contributed by atoms with van der Waals surface area (Å²) in [5.41, 5.74) is 8.60. The summed E-state index contributed by atoms with van der Waals surface area (Å²) < 4.78 is 7.53. The van der Waals surface area contributed by atoms with Crippen LogP contribution in [0, 0.1) is 0 Å². The third kappa shape index (κ3) is 3.66. The molecule has 100 valence electrons. The zero-order chi connectivity index (χ0) is 13.7. The molecule has 2 heterocycles. The van der Waals surface area contributed by atoms with Gasteiger partial charge in [0.05, 0.1) is 31.4 Å². The minimum absolute atomic E-state index is 0.514. The van der Waals surface area contributed by atoms with Crippen molar-refractivity contribution in [3.05, 3.63) is 43.0 Å². The molecule has 2 aromatic heterocycles. The number of anilines is 1. The smallest absolute Gasteiger partial charge is 0.123 e. The Balaban J connectivity index is 2.01. The highest BCUT2D eigenvalue weighted by Crippen LogP contribution is 2.18. The average molecular weight is 258 g/mol. The molecule has 0 amide bonds. The molecule has 0 saturated heterocycles. The molecule has 0 saturated carbocycles. The van der Waals surface area contributed by atoms with Crippen LogP contribution in [0.25, 0.3) is 11.3 Å². The van der Waals surface area contributed by atoms with E-state index in [1.807, 2.05) is 23.8 Å². The van der Waals surface area contributed by atoms with Crippen LogP contribution < -0.4 is 5.73 Å². The molecule has 0 aliphatic heterocycles. The average Bonchev–Trinajstić information content (AvgIpc) is 2.84. The lowest BCUT2D eigenvalue weighted by Gasteiger charge is -2.09. The third-order valence-electron chi connectivity index (χ3n) is 2.62. The van der Waals surface area contributed by atoms with Gasteiger partial charge in [0.2, 0.25) is 0 Å². The number of ether oxygens (including phenoxy) is 1. The van der Waals surface area contributed by atoms with Crippen molar-refractivity contribution in [1.82, 2.24) is 14.5 Å². The van der Waals surface area contributed by atoms with Gasteiger partial charge in [-0.2, -0.15) is 0 Å². The van der Waals surface area contributed by atoms with Gasteiger partial charge in [0.15, 0.2) is 0 Å². The van der Waals surface area contributed by atoms with Crippen molar-refractivity contribution in [3.63, 3.8) is 0 Å². The van der Waals surface area contributed by atoms with E-state index in [0.717, 1.165) is 23.4 Å². The summed E-state index contributed by atoms with van der Waals surface area (Å²) in [7, 11) is 0. The Hall–Kier alpha value is -2.14. The number of nitrogens with zero attached hydrogens (tertiary/aromatic N) is 3. The molecule has 0 aromatic carbocycles. The number of nitrogen functional groups attached to an aromatic ring is 1. The Morgan fingerprint density at radius 3 is 2.95 bits per heavy atom. The Morgan fingerprint density at radius 2 is 2.26 bits per heavy atom. The van der Waals surface area contributed by atoms with Gasteiger partial charge >= 0.3 is 0 Å². The van der Waals surface area contributed by atoms with E-state index in [2.05, 4.69) is 16.5 Å². The van der Waals surface area contributed by atoms with Gasteiger partial charge in [0.1, 0.15) is 5.82 Å². The van der Waals surface area contributed by atoms with Crippen LogP contribution in [-0.2, 0) is 11.3 Å². The largest absolute Gasteiger partial charge is 0.384 e. The second-order valence-electron chi connectivity index (χ2n) is 4.45. The van der Waals surface area contributed by atoms with Crippen molar-refractivity contribution in [2.75, 3.05) is 18.9 Å². The van der Waals surface area contributed by atoms with Gasteiger partial charge in [0.25, 0.3) is 0 Å². The predicted molar refractivity (Wildman–Crippen MR) is 75.5 cm³/mol. The number of imidazole rings is 1. The molecule has 0 spiro atoms. The van der Waals surface area contributed by atoms with Gasteiger partial charge in [-0.05, 0) is 19.1 Å². The summed E-state index contributed by atoms with van der Waals surface area (Å²) in [6.45, 7) is 7.70. The summed E-state index contributed by atoms with van der Waals surface area (Å²) in [5.74, 6) is 0.514. The first-order valence-corrected chi connectivity index (χ1v) is 6.11. The molecule has 0 fully saturated rings. The monoisotopic (exact) mass is 258 g/mol. The van der Waals surface area contributed by atoms with Crippen molar-refractivity contribution >= 4 is 5.82 Å². The topological polar surface area (TPSA) is 66.0 Å². The minimum atomic E-state index is 0.514. The molecule has 0 atom stereocenters. The zero-order valence-corrected chi connectivity index (χ0v) is 11.0. The van der Waals surface area contributed by atoms with Crippen molar-refractivity contribution in [2.45, 2.75) is 13.5 Å². The molecule has 0 aliphatic carbocycles. The summed E-state index contributed by atoms with van der Waals surface area (Å²) in [4.78, 5) is 8.26. The van der Waals surface area contributed by atoms with E-state index >= 15 is 0 Å². The number of pyridine rings is 1. The maximum atomic E-state index is 5.58. The van der Waals surface area contributed by atoms with E-state index in [4.69, 9.17) is 10.5 Å². The van der Waals surface area contributed by atoms with Crippen LogP contribution in [0.5, 0.6) is 0 Å². The van der Waals surface area contributed by atoms with Crippen LogP contribution in [0.4, 0.5) is 5.82 Å². The Labute approximate surface area is 112 Å². The number of hydrogen-bond donors (Lipinski definition) is 1. The molecule has 0 bridgehead atoms. The second kappa shape index (κ2) is 6.15. The van der Waals surface area contributed by atoms with E-state index in [1.165, 1.54) is 0 Å². The van der Waals surface area contributed by atoms with Crippen LogP contribution >= 0.6 is 0 Å². The lowest BCUT2D eigenvalue weighted by atomic mass is 10.2. The Kier molecular flexibility index (Phi) is 4.30. The molecule has 0 unspecified atom stereocenters. The highest BCUT2D eigenvalue weighted by atomic mass is 16.5. The highest BCUT2D eigenvalue weighted by Gasteiger charge is 2.05. The quantitative estimate of drug-likeness (QED) is 0.636. The van der Waals surface area contributed by atoms with Crippen LogP contribution in [0.15, 0.2) is 43.0 Å². The molecule has 2 N–H and O–H groups in total. The maximum absolute atomic E-state index is 5.58. The molecule has 0 radical (unpaired) electrons. The fourth-order valence-corrected chi connectivity index (χ4v) is 1.71. The molecule has 5 heteroatoms. The van der Waals surface area contributed by atoms with Crippen molar-refractivity contribution in [2.24, 2.45) is 0 Å². The first-order valence-electron chi connectivity index (χ1n) is 6.11. The van der Waals surface area contributed by atoms with Crippen LogP contribution in [-0.4, -0.2) is 27.7 Å². The normalized spacial score (nSPS) is 10.6. The first kappa shape index (κ1) is 13.3. The van der Waals surface area contributed by atoms with Crippen LogP contribution in [0.2, 0.25) is 0 Å². The van der Waals surface area contributed by atoms with E-state index in [1.54, 1.807) is 18.6 Å². The van der Waals surface area contributed by atoms with Gasteiger partial charge in [-0.25, -0.2) is 9.97 Å². The van der Waals surface area contributed by atoms with Gasteiger partial charge in [-0.3, -0.25) is 0 Å². The lowest BCUT2D eigenvalue weighted by Crippen LogP contribution is -2.07. The van der Waals surface area contributed by atoms with Crippen LogP contribution in [0.1, 0.15) is 6.92 Å². The maximum Gasteiger partial charge on any atom is 0.123 e. The summed E-state index contributed by atoms with van der Waals surface area (Å²) in [6.07, 6.45) is 5.35. The highest BCUT2D eigenvalue weighted by molar-refractivity contribution is 5.59. The fraction of sp³-hybridized carbons (Fsp3) is 0.286. The first-order chi connectivity index (χ1) is 9.16. The number of rotatable bonds is 6. The molecule has 0 aliphatic rings. The van der Waals surface area contributed by atoms with Crippen molar-refractivity contribution in [1.29, 1.82) is 0 Å². The summed E-state index contributed by atoms with van der Waals surface area (Å²) in [6, 6.07) is 3.72. The van der Waals surface area contributed by atoms with Crippen LogP contribution in [0.3, 0.4) is 0 Å². The van der Waals surface area contributed by atoms with Gasteiger partial charge in [-0.1, -0.05) is 12.2 Å². The fourth-order valence-electron chi connectivity index (χ4n) is 1.71. The SMILES string of the molecule is C=C(C)COCCn1cncc1-c1ccc(N)nc1. The lowest BCUT2D eigenvalue weighted by molar-refractivity contribution is 0.147. The standard InChI is InChI=1S/C14H18N4O/c1-11(2)9-19-6-5-18-10-16-8-13(18)12-3-4-14(15)17-7-12/h3-4,7-8,10H,1,5-6,9H2,2H3,(H2,15,17). The summed E-state index contributed by atoms with van der Waals surface area (Å²) in [5, 5.41) is 0. The van der Waals surface area contributed by atoms with E-state index in [-0.39, 0.29) is 0 Å². The van der Waals surface area contributed by atoms with Gasteiger partial charge in [0, 0.05) is 18.3 Å². The zero-order valence-electron chi connectivity index (χ0n) is 11.0. The van der Waals surface area contributed by atoms with E-state index < -0.39 is 0 Å². The van der Waals surface area contributed by atoms with Gasteiger partial charge < -0.3 is 15.0 Å². The molecule has 5 nitrogen and oxygen atoms in total. The Morgan fingerprint density at radius 1 is 1.42 bits per heavy atom. The van der Waals surface area contributed by atoms with Crippen molar-refractivity contribution < 1.29 is 4.74 Å². The van der Waals surface area contributed by atoms with Crippen molar-refractivity contribution in [3.8, 4) is 11.3 Å². The second-order valence-corrected chi connectivity index (χ2v) is 4.45. The molecular weight excluding hydrogens is 240 g/mol. The number of nitrogens with two attached hydrogens (primary N) is 1. The summed E-state index contributed by atoms with van der Waals surface area (Å²) >= 11 is 0. The van der Waals surface area contributed by atoms with E-state index in [9.17, 15) is 0 Å². The molecule has 2 rings (SSSR count). The third-order valence-corrected chi connectivity index (χ3v) is 2.62. The Bertz CT molecular complexity index is 545. The molecule has 19 heavy (non-hydrogen) atoms.